The smallest absolute Gasteiger partial charge is 0.289 e. The number of carbonyl (C=O) groups excluding carboxylic acids is 2. The van der Waals surface area contributed by atoms with Gasteiger partial charge in [-0.2, -0.15) is 12.9 Å². The highest BCUT2D eigenvalue weighted by Crippen LogP contribution is 2.34. The lowest BCUT2D eigenvalue weighted by atomic mass is 9.83. The Labute approximate surface area is 429 Å². The number of piperazine rings is 1. The standard InChI is InChI=1S/C49H45N9O14S3/c59-48-38-10-1-2-11-39(38)49(60)41-28-34(18-19-40(41)48)31-51-22-24-52(25-23-51)37-29-35-32-54(74(69,70)46-16-7-4-13-43(46)57(63)64)21-9-20-53(73(67,68)45-15-6-3-12-42(45)56(61)62)26-27-55(33-36(30-37)50-35)75(71,72)47-17-8-5-14-44(47)58(65)66/h1-8,10-19,28-30H,9,20-27,31-33H2. The molecule has 6 aromatic rings. The summed E-state index contributed by atoms with van der Waals surface area (Å²) >= 11 is 0. The molecule has 388 valence electrons. The van der Waals surface area contributed by atoms with Crippen LogP contribution >= 0.6 is 0 Å². The van der Waals surface area contributed by atoms with Crippen LogP contribution < -0.4 is 4.90 Å². The Hall–Kier alpha value is -7.72. The van der Waals surface area contributed by atoms with Crippen LogP contribution in [0, 0.1) is 30.3 Å². The molecule has 0 unspecified atom stereocenters. The third kappa shape index (κ3) is 10.4. The summed E-state index contributed by atoms with van der Waals surface area (Å²) in [5, 5.41) is 36.6. The summed E-state index contributed by atoms with van der Waals surface area (Å²) in [6.45, 7) is -1.54. The quantitative estimate of drug-likeness (QED) is 0.110. The van der Waals surface area contributed by atoms with Crippen LogP contribution in [0.5, 0.6) is 0 Å². The predicted molar refractivity (Wildman–Crippen MR) is 269 cm³/mol. The highest BCUT2D eigenvalue weighted by Gasteiger charge is 2.38. The molecule has 9 rings (SSSR count). The number of para-hydroxylation sites is 3. The lowest BCUT2D eigenvalue weighted by molar-refractivity contribution is -0.388. The van der Waals surface area contributed by atoms with Gasteiger partial charge >= 0.3 is 0 Å². The molecular formula is C49H45N9O14S3. The molecule has 23 nitrogen and oxygen atoms in total. The van der Waals surface area contributed by atoms with E-state index in [0.29, 0.717) is 60.7 Å². The van der Waals surface area contributed by atoms with Gasteiger partial charge in [-0.1, -0.05) is 66.7 Å². The molecule has 3 heterocycles. The van der Waals surface area contributed by atoms with Crippen molar-refractivity contribution in [3.8, 4) is 0 Å². The van der Waals surface area contributed by atoms with E-state index in [0.717, 1.165) is 54.9 Å². The highest BCUT2D eigenvalue weighted by atomic mass is 32.2. The number of sulfonamides is 3. The van der Waals surface area contributed by atoms with Gasteiger partial charge in [-0.25, -0.2) is 25.3 Å². The van der Waals surface area contributed by atoms with Crippen molar-refractivity contribution in [2.75, 3.05) is 57.3 Å². The van der Waals surface area contributed by atoms with E-state index in [4.69, 9.17) is 4.98 Å². The van der Waals surface area contributed by atoms with Crippen LogP contribution in [0.3, 0.4) is 0 Å². The van der Waals surface area contributed by atoms with Crippen molar-refractivity contribution >= 4 is 64.4 Å². The van der Waals surface area contributed by atoms with Crippen molar-refractivity contribution in [3.05, 3.63) is 197 Å². The molecule has 2 bridgehead atoms. The van der Waals surface area contributed by atoms with Crippen molar-refractivity contribution in [3.63, 3.8) is 0 Å². The van der Waals surface area contributed by atoms with Gasteiger partial charge in [0.05, 0.1) is 39.2 Å². The second kappa shape index (κ2) is 20.9. The summed E-state index contributed by atoms with van der Waals surface area (Å²) in [7, 11) is -14.6. The van der Waals surface area contributed by atoms with Crippen LogP contribution in [0.25, 0.3) is 0 Å². The first kappa shape index (κ1) is 52.2. The Morgan fingerprint density at radius 3 is 1.35 bits per heavy atom. The van der Waals surface area contributed by atoms with Gasteiger partial charge in [0.15, 0.2) is 26.3 Å². The van der Waals surface area contributed by atoms with E-state index in [1.807, 2.05) is 4.90 Å². The molecule has 0 saturated carbocycles. The van der Waals surface area contributed by atoms with Crippen LogP contribution in [0.2, 0.25) is 0 Å². The fourth-order valence-corrected chi connectivity index (χ4v) is 14.3. The number of nitro groups is 3. The van der Waals surface area contributed by atoms with Crippen LogP contribution in [0.15, 0.2) is 142 Å². The Bertz CT molecular complexity index is 3670. The minimum Gasteiger partial charge on any atom is -0.369 e. The molecular weight excluding hydrogens is 1030 g/mol. The Balaban J connectivity index is 1.09. The highest BCUT2D eigenvalue weighted by molar-refractivity contribution is 7.90. The molecule has 5 aromatic carbocycles. The van der Waals surface area contributed by atoms with Gasteiger partial charge in [0.1, 0.15) is 0 Å². The maximum Gasteiger partial charge on any atom is 0.289 e. The molecule has 1 saturated heterocycles. The topological polar surface area (TPSA) is 295 Å². The number of nitro benzene ring substituents is 3. The van der Waals surface area contributed by atoms with Gasteiger partial charge < -0.3 is 4.90 Å². The Morgan fingerprint density at radius 1 is 0.453 bits per heavy atom. The Kier molecular flexibility index (Phi) is 14.5. The molecule has 0 spiro atoms. The summed E-state index contributed by atoms with van der Waals surface area (Å²) in [6, 6.07) is 28.7. The van der Waals surface area contributed by atoms with E-state index in [1.54, 1.807) is 54.6 Å². The number of anilines is 1. The largest absolute Gasteiger partial charge is 0.369 e. The summed E-state index contributed by atoms with van der Waals surface area (Å²) in [5.74, 6) is -0.486. The van der Waals surface area contributed by atoms with Crippen LogP contribution in [0.1, 0.15) is 55.2 Å². The minimum atomic E-state index is -4.91. The predicted octanol–water partition coefficient (Wildman–Crippen LogP) is 5.38. The van der Waals surface area contributed by atoms with Crippen molar-refractivity contribution in [1.82, 2.24) is 22.8 Å². The minimum absolute atomic E-state index is 0.0114. The van der Waals surface area contributed by atoms with Crippen molar-refractivity contribution < 1.29 is 49.6 Å². The normalized spacial score (nSPS) is 16.7. The number of ketones is 2. The lowest BCUT2D eigenvalue weighted by Gasteiger charge is -2.36. The van der Waals surface area contributed by atoms with Gasteiger partial charge in [0.2, 0.25) is 30.1 Å². The first-order chi connectivity index (χ1) is 35.7. The van der Waals surface area contributed by atoms with E-state index >= 15 is 0 Å². The van der Waals surface area contributed by atoms with Crippen LogP contribution in [0.4, 0.5) is 22.7 Å². The van der Waals surface area contributed by atoms with Crippen LogP contribution in [-0.4, -0.2) is 127 Å². The van der Waals surface area contributed by atoms with Crippen molar-refractivity contribution in [2.24, 2.45) is 0 Å². The number of rotatable bonds is 12. The number of hydrogen-bond donors (Lipinski definition) is 0. The van der Waals surface area contributed by atoms with Crippen LogP contribution in [-0.2, 0) is 49.7 Å². The summed E-state index contributed by atoms with van der Waals surface area (Å²) < 4.78 is 90.4. The third-order valence-corrected chi connectivity index (χ3v) is 18.9. The number of carbonyl (C=O) groups is 2. The van der Waals surface area contributed by atoms with Gasteiger partial charge in [-0.3, -0.25) is 49.8 Å². The molecule has 1 aromatic heterocycles. The number of fused-ring (bicyclic) bond motifs is 4. The first-order valence-corrected chi connectivity index (χ1v) is 27.6. The summed E-state index contributed by atoms with van der Waals surface area (Å²) in [4.78, 5) is 67.4. The van der Waals surface area contributed by atoms with Crippen molar-refractivity contribution in [1.29, 1.82) is 0 Å². The maximum atomic E-state index is 14.8. The Morgan fingerprint density at radius 2 is 0.853 bits per heavy atom. The molecule has 0 atom stereocenters. The summed E-state index contributed by atoms with van der Waals surface area (Å²) in [5.41, 5.74) is 0.339. The number of pyridine rings is 1. The fourth-order valence-electron chi connectivity index (χ4n) is 9.47. The average Bonchev–Trinajstić information content (AvgIpc) is 3.41. The third-order valence-electron chi connectivity index (χ3n) is 13.2. The molecule has 0 radical (unpaired) electrons. The van der Waals surface area contributed by atoms with E-state index in [2.05, 4.69) is 4.90 Å². The zero-order valence-corrected chi connectivity index (χ0v) is 42.0. The SMILES string of the molecule is O=C1c2ccccc2C(=O)c2cc(CN3CCN(c4cc5nc(c4)CN(S(=O)(=O)c4ccccc4[N+](=O)[O-])CCN(S(=O)(=O)c4ccccc4[N+](=O)[O-])CCCN(S(=O)(=O)c4ccccc4[N+](=O)[O-])C5)CC3)ccc21. The van der Waals surface area contributed by atoms with E-state index in [-0.39, 0.29) is 29.4 Å². The second-order valence-electron chi connectivity index (χ2n) is 17.8. The lowest BCUT2D eigenvalue weighted by Crippen LogP contribution is -2.46. The zero-order valence-electron chi connectivity index (χ0n) is 39.6. The van der Waals surface area contributed by atoms with Gasteiger partial charge in [-0.15, -0.1) is 0 Å². The number of benzene rings is 5. The number of aromatic nitrogens is 1. The van der Waals surface area contributed by atoms with E-state index in [1.165, 1.54) is 36.4 Å². The van der Waals surface area contributed by atoms with Crippen molar-refractivity contribution in [2.45, 2.75) is 40.7 Å². The molecule has 26 heteroatoms. The first-order valence-electron chi connectivity index (χ1n) is 23.2. The second-order valence-corrected chi connectivity index (χ2v) is 23.5. The van der Waals surface area contributed by atoms with Gasteiger partial charge in [-0.05, 0) is 54.4 Å². The van der Waals surface area contributed by atoms with E-state index < -0.39 is 116 Å². The molecule has 1 fully saturated rings. The average molecular weight is 1080 g/mol. The van der Waals surface area contributed by atoms with Gasteiger partial charge in [0.25, 0.3) is 17.1 Å². The monoisotopic (exact) mass is 1080 g/mol. The zero-order chi connectivity index (χ0) is 53.4. The molecule has 0 N–H and O–H groups in total. The molecule has 0 amide bonds. The molecule has 75 heavy (non-hydrogen) atoms. The molecule has 1 aliphatic carbocycles. The van der Waals surface area contributed by atoms with E-state index in [9.17, 15) is 65.2 Å². The summed E-state index contributed by atoms with van der Waals surface area (Å²) in [6.07, 6.45) is -0.326. The fraction of sp³-hybridized carbons (Fsp3) is 0.245. The molecule has 2 aliphatic heterocycles. The maximum absolute atomic E-state index is 14.8. The molecule has 3 aliphatic rings. The number of hydrogen-bond acceptors (Lipinski definition) is 17. The number of nitrogens with zero attached hydrogens (tertiary/aromatic N) is 9. The van der Waals surface area contributed by atoms with Gasteiger partial charge in [0, 0.05) is 105 Å².